The molecule has 1 fully saturated rings. The molecule has 3 heterocycles. The van der Waals surface area contributed by atoms with Crippen LogP contribution in [0.3, 0.4) is 0 Å². The van der Waals surface area contributed by atoms with Crippen LogP contribution in [0, 0.1) is 6.92 Å². The minimum absolute atomic E-state index is 0.00185. The van der Waals surface area contributed by atoms with E-state index in [-0.39, 0.29) is 22.9 Å². The van der Waals surface area contributed by atoms with Gasteiger partial charge in [0.2, 0.25) is 15.9 Å². The number of benzene rings is 1. The Labute approximate surface area is 177 Å². The molecule has 2 aromatic heterocycles. The maximum absolute atomic E-state index is 13.2. The fourth-order valence-electron chi connectivity index (χ4n) is 3.65. The van der Waals surface area contributed by atoms with Gasteiger partial charge in [0.25, 0.3) is 0 Å². The van der Waals surface area contributed by atoms with Gasteiger partial charge in [-0.3, -0.25) is 9.36 Å². The Kier molecular flexibility index (Phi) is 5.51. The fourth-order valence-corrected chi connectivity index (χ4v) is 5.97. The van der Waals surface area contributed by atoms with Crippen LogP contribution in [0.25, 0.3) is 11.1 Å². The summed E-state index contributed by atoms with van der Waals surface area (Å²) in [6, 6.07) is 3.55. The molecule has 0 saturated carbocycles. The van der Waals surface area contributed by atoms with Crippen LogP contribution in [0.2, 0.25) is 0 Å². The number of rotatable bonds is 6. The van der Waals surface area contributed by atoms with E-state index in [4.69, 9.17) is 4.42 Å². The number of carbonyl (C=O) groups is 1. The topological polar surface area (TPSA) is 115 Å². The van der Waals surface area contributed by atoms with Crippen molar-refractivity contribution in [1.29, 1.82) is 0 Å². The molecule has 160 valence electrons. The van der Waals surface area contributed by atoms with Crippen molar-refractivity contribution in [2.24, 2.45) is 7.05 Å². The van der Waals surface area contributed by atoms with Crippen molar-refractivity contribution < 1.29 is 17.6 Å². The minimum atomic E-state index is -3.91. The average molecular weight is 451 g/mol. The number of aromatic nitrogens is 2. The van der Waals surface area contributed by atoms with Crippen LogP contribution in [0.1, 0.15) is 23.5 Å². The lowest BCUT2D eigenvalue weighted by molar-refractivity contribution is -0.124. The molecule has 1 atom stereocenters. The summed E-state index contributed by atoms with van der Waals surface area (Å²) in [7, 11) is -2.36. The molecule has 0 radical (unpaired) electrons. The third-order valence-electron chi connectivity index (χ3n) is 5.22. The van der Waals surface area contributed by atoms with Gasteiger partial charge in [-0.1, -0.05) is 0 Å². The highest BCUT2D eigenvalue weighted by molar-refractivity contribution is 7.89. The van der Waals surface area contributed by atoms with Crippen molar-refractivity contribution in [3.63, 3.8) is 0 Å². The van der Waals surface area contributed by atoms with Gasteiger partial charge in [-0.2, -0.15) is 4.31 Å². The summed E-state index contributed by atoms with van der Waals surface area (Å²) >= 11 is 1.55. The summed E-state index contributed by atoms with van der Waals surface area (Å²) in [6.45, 7) is 2.59. The predicted molar refractivity (Wildman–Crippen MR) is 112 cm³/mol. The summed E-state index contributed by atoms with van der Waals surface area (Å²) < 4.78 is 34.0. The van der Waals surface area contributed by atoms with Crippen LogP contribution >= 0.6 is 11.3 Å². The molecule has 1 aromatic carbocycles. The quantitative estimate of drug-likeness (QED) is 0.607. The maximum atomic E-state index is 13.2. The monoisotopic (exact) mass is 450 g/mol. The zero-order valence-corrected chi connectivity index (χ0v) is 18.3. The maximum Gasteiger partial charge on any atom is 0.419 e. The molecule has 1 N–H and O–H groups in total. The van der Waals surface area contributed by atoms with Crippen LogP contribution in [0.5, 0.6) is 0 Å². The van der Waals surface area contributed by atoms with E-state index in [2.05, 4.69) is 10.3 Å². The van der Waals surface area contributed by atoms with E-state index < -0.39 is 21.8 Å². The smallest absolute Gasteiger partial charge is 0.408 e. The van der Waals surface area contributed by atoms with Crippen molar-refractivity contribution in [3.05, 3.63) is 44.8 Å². The SMILES string of the molecule is Cc1nc(CCNC(=O)C2CCCN2S(=O)(=O)c2ccc3c(c2)oc(=O)n3C)cs1. The molecule has 30 heavy (non-hydrogen) atoms. The van der Waals surface area contributed by atoms with Gasteiger partial charge in [0.1, 0.15) is 6.04 Å². The molecule has 11 heteroatoms. The number of aryl methyl sites for hydroxylation is 2. The second-order valence-corrected chi connectivity index (χ2v) is 10.2. The second-order valence-electron chi connectivity index (χ2n) is 7.23. The Morgan fingerprint density at radius 3 is 2.93 bits per heavy atom. The van der Waals surface area contributed by atoms with Crippen molar-refractivity contribution in [1.82, 2.24) is 19.2 Å². The lowest BCUT2D eigenvalue weighted by atomic mass is 10.2. The van der Waals surface area contributed by atoms with Crippen molar-refractivity contribution in [3.8, 4) is 0 Å². The largest absolute Gasteiger partial charge is 0.419 e. The van der Waals surface area contributed by atoms with Gasteiger partial charge in [0.05, 0.1) is 21.1 Å². The molecule has 9 nitrogen and oxygen atoms in total. The summed E-state index contributed by atoms with van der Waals surface area (Å²) in [5.74, 6) is -0.872. The molecular formula is C19H22N4O5S2. The second kappa shape index (κ2) is 7.97. The van der Waals surface area contributed by atoms with E-state index in [1.807, 2.05) is 12.3 Å². The van der Waals surface area contributed by atoms with Gasteiger partial charge in [0, 0.05) is 38.0 Å². The van der Waals surface area contributed by atoms with Crippen LogP contribution in [-0.4, -0.2) is 47.3 Å². The Balaban J connectivity index is 1.50. The van der Waals surface area contributed by atoms with Gasteiger partial charge in [-0.05, 0) is 31.9 Å². The molecule has 4 rings (SSSR count). The summed E-state index contributed by atoms with van der Waals surface area (Å²) in [6.07, 6.45) is 1.66. The van der Waals surface area contributed by atoms with Gasteiger partial charge in [0.15, 0.2) is 5.58 Å². The van der Waals surface area contributed by atoms with Crippen LogP contribution in [-0.2, 0) is 28.3 Å². The zero-order valence-electron chi connectivity index (χ0n) is 16.6. The molecular weight excluding hydrogens is 428 g/mol. The molecule has 3 aromatic rings. The third kappa shape index (κ3) is 3.80. The van der Waals surface area contributed by atoms with E-state index in [9.17, 15) is 18.0 Å². The number of hydrogen-bond donors (Lipinski definition) is 1. The summed E-state index contributed by atoms with van der Waals surface area (Å²) in [4.78, 5) is 28.7. The molecule has 1 aliphatic rings. The molecule has 1 saturated heterocycles. The molecule has 0 spiro atoms. The van der Waals surface area contributed by atoms with Gasteiger partial charge in [-0.25, -0.2) is 18.2 Å². The van der Waals surface area contributed by atoms with Gasteiger partial charge >= 0.3 is 5.76 Å². The molecule has 1 unspecified atom stereocenters. The first-order valence-corrected chi connectivity index (χ1v) is 11.9. The lowest BCUT2D eigenvalue weighted by Crippen LogP contribution is -2.46. The number of amides is 1. The molecule has 0 aliphatic carbocycles. The molecule has 0 bridgehead atoms. The number of oxazole rings is 1. The number of sulfonamides is 1. The standard InChI is InChI=1S/C19H22N4O5S2/c1-12-21-13(11-29-12)7-8-20-18(24)16-4-3-9-23(16)30(26,27)14-5-6-15-17(10-14)28-19(25)22(15)2/h5-6,10-11,16H,3-4,7-9H2,1-2H3,(H,20,24). The van der Waals surface area contributed by atoms with Gasteiger partial charge in [-0.15, -0.1) is 11.3 Å². The van der Waals surface area contributed by atoms with Crippen LogP contribution < -0.4 is 11.1 Å². The van der Waals surface area contributed by atoms with Crippen LogP contribution in [0.15, 0.2) is 37.7 Å². The highest BCUT2D eigenvalue weighted by Gasteiger charge is 2.39. The first-order chi connectivity index (χ1) is 14.3. The fraction of sp³-hybridized carbons (Fsp3) is 0.421. The predicted octanol–water partition coefficient (Wildman–Crippen LogP) is 1.41. The average Bonchev–Trinajstić information content (AvgIpc) is 3.42. The Bertz CT molecular complexity index is 1260. The minimum Gasteiger partial charge on any atom is -0.408 e. The van der Waals surface area contributed by atoms with Crippen molar-refractivity contribution >= 4 is 38.4 Å². The van der Waals surface area contributed by atoms with Gasteiger partial charge < -0.3 is 9.73 Å². The molecule has 1 amide bonds. The molecule has 1 aliphatic heterocycles. The third-order valence-corrected chi connectivity index (χ3v) is 7.95. The summed E-state index contributed by atoms with van der Waals surface area (Å²) in [5.41, 5.74) is 1.61. The van der Waals surface area contributed by atoms with E-state index in [0.717, 1.165) is 10.7 Å². The van der Waals surface area contributed by atoms with Crippen LogP contribution in [0.4, 0.5) is 0 Å². The number of nitrogens with zero attached hydrogens (tertiary/aromatic N) is 3. The van der Waals surface area contributed by atoms with E-state index >= 15 is 0 Å². The number of hydrogen-bond acceptors (Lipinski definition) is 7. The highest BCUT2D eigenvalue weighted by atomic mass is 32.2. The van der Waals surface area contributed by atoms with E-state index in [1.165, 1.54) is 27.1 Å². The van der Waals surface area contributed by atoms with Crippen molar-refractivity contribution in [2.45, 2.75) is 37.1 Å². The first kappa shape index (κ1) is 20.8. The highest BCUT2D eigenvalue weighted by Crippen LogP contribution is 2.28. The summed E-state index contributed by atoms with van der Waals surface area (Å²) in [5, 5.41) is 5.75. The number of carbonyl (C=O) groups excluding carboxylic acids is 1. The normalized spacial score (nSPS) is 17.6. The Morgan fingerprint density at radius 1 is 1.40 bits per heavy atom. The number of fused-ring (bicyclic) bond motifs is 1. The number of nitrogens with one attached hydrogen (secondary N) is 1. The lowest BCUT2D eigenvalue weighted by Gasteiger charge is -2.23. The Morgan fingerprint density at radius 2 is 2.20 bits per heavy atom. The van der Waals surface area contributed by atoms with E-state index in [0.29, 0.717) is 31.3 Å². The first-order valence-electron chi connectivity index (χ1n) is 9.57. The number of thiazole rings is 1. The Hall–Kier alpha value is -2.50. The van der Waals surface area contributed by atoms with E-state index in [1.54, 1.807) is 18.4 Å². The van der Waals surface area contributed by atoms with Crippen molar-refractivity contribution in [2.75, 3.05) is 13.1 Å². The zero-order chi connectivity index (χ0) is 21.5.